The van der Waals surface area contributed by atoms with Crippen LogP contribution >= 0.6 is 0 Å². The van der Waals surface area contributed by atoms with Crippen LogP contribution in [0.1, 0.15) is 19.4 Å². The molecule has 0 unspecified atom stereocenters. The van der Waals surface area contributed by atoms with E-state index in [1.54, 1.807) is 0 Å². The van der Waals surface area contributed by atoms with Crippen molar-refractivity contribution in [3.63, 3.8) is 0 Å². The van der Waals surface area contributed by atoms with E-state index >= 15 is 0 Å². The Morgan fingerprint density at radius 2 is 1.87 bits per heavy atom. The van der Waals surface area contributed by atoms with Crippen molar-refractivity contribution in [2.45, 2.75) is 26.5 Å². The second kappa shape index (κ2) is 8.17. The second-order valence-corrected chi connectivity index (χ2v) is 5.33. The summed E-state index contributed by atoms with van der Waals surface area (Å²) in [6.45, 7) is 4.19. The first-order chi connectivity index (χ1) is 11.0. The Morgan fingerprint density at radius 3 is 2.57 bits per heavy atom. The quantitative estimate of drug-likeness (QED) is 0.852. The molecule has 2 aromatic rings. The molecule has 0 aliphatic rings. The van der Waals surface area contributed by atoms with Crippen LogP contribution in [-0.4, -0.2) is 18.6 Å². The van der Waals surface area contributed by atoms with Crippen LogP contribution in [0.3, 0.4) is 0 Å². The van der Waals surface area contributed by atoms with Crippen LogP contribution in [0.2, 0.25) is 0 Å². The number of halogens is 1. The third kappa shape index (κ3) is 5.98. The SMILES string of the molecule is CC(C)Oc1cccc(CNC(=O)COc2ccc(F)cc2)c1. The van der Waals surface area contributed by atoms with Crippen molar-refractivity contribution >= 4 is 5.91 Å². The molecule has 1 amide bonds. The van der Waals surface area contributed by atoms with Crippen LogP contribution in [0.5, 0.6) is 11.5 Å². The zero-order valence-electron chi connectivity index (χ0n) is 13.2. The third-order valence-electron chi connectivity index (χ3n) is 2.94. The van der Waals surface area contributed by atoms with Gasteiger partial charge in [0.2, 0.25) is 0 Å². The average molecular weight is 317 g/mol. The van der Waals surface area contributed by atoms with E-state index in [4.69, 9.17) is 9.47 Å². The Labute approximate surface area is 135 Å². The highest BCUT2D eigenvalue weighted by Crippen LogP contribution is 2.15. The van der Waals surface area contributed by atoms with E-state index in [1.165, 1.54) is 24.3 Å². The lowest BCUT2D eigenvalue weighted by Crippen LogP contribution is -2.28. The van der Waals surface area contributed by atoms with Crippen LogP contribution < -0.4 is 14.8 Å². The second-order valence-electron chi connectivity index (χ2n) is 5.33. The number of hydrogen-bond donors (Lipinski definition) is 1. The van der Waals surface area contributed by atoms with E-state index in [0.717, 1.165) is 11.3 Å². The first-order valence-corrected chi connectivity index (χ1v) is 7.43. The van der Waals surface area contributed by atoms with E-state index in [0.29, 0.717) is 12.3 Å². The molecule has 0 fully saturated rings. The molecular formula is C18H20FNO3. The van der Waals surface area contributed by atoms with E-state index in [-0.39, 0.29) is 24.4 Å². The first-order valence-electron chi connectivity index (χ1n) is 7.43. The molecule has 0 bridgehead atoms. The van der Waals surface area contributed by atoms with Gasteiger partial charge < -0.3 is 14.8 Å². The summed E-state index contributed by atoms with van der Waals surface area (Å²) in [5.41, 5.74) is 0.943. The van der Waals surface area contributed by atoms with Crippen molar-refractivity contribution in [3.05, 3.63) is 59.9 Å². The van der Waals surface area contributed by atoms with Crippen LogP contribution in [0.15, 0.2) is 48.5 Å². The summed E-state index contributed by atoms with van der Waals surface area (Å²) < 4.78 is 23.7. The summed E-state index contributed by atoms with van der Waals surface area (Å²) in [5, 5.41) is 2.77. The Balaban J connectivity index is 1.78. The maximum Gasteiger partial charge on any atom is 0.258 e. The fraction of sp³-hybridized carbons (Fsp3) is 0.278. The van der Waals surface area contributed by atoms with Gasteiger partial charge in [-0.15, -0.1) is 0 Å². The molecule has 0 saturated heterocycles. The Hall–Kier alpha value is -2.56. The summed E-state index contributed by atoms with van der Waals surface area (Å²) in [6.07, 6.45) is 0.101. The van der Waals surface area contributed by atoms with Crippen LogP contribution in [0, 0.1) is 5.82 Å². The molecule has 0 radical (unpaired) electrons. The highest BCUT2D eigenvalue weighted by molar-refractivity contribution is 5.77. The Bertz CT molecular complexity index is 641. The molecule has 0 aliphatic carbocycles. The van der Waals surface area contributed by atoms with Crippen LogP contribution in [0.4, 0.5) is 4.39 Å². The Morgan fingerprint density at radius 1 is 1.13 bits per heavy atom. The van der Waals surface area contributed by atoms with Gasteiger partial charge in [0.25, 0.3) is 5.91 Å². The summed E-state index contributed by atoms with van der Waals surface area (Å²) in [6, 6.07) is 13.1. The van der Waals surface area contributed by atoms with Crippen molar-refractivity contribution in [1.82, 2.24) is 5.32 Å². The summed E-state index contributed by atoms with van der Waals surface area (Å²) in [7, 11) is 0. The highest BCUT2D eigenvalue weighted by Gasteiger charge is 2.04. The van der Waals surface area contributed by atoms with Crippen molar-refractivity contribution in [3.8, 4) is 11.5 Å². The van der Waals surface area contributed by atoms with Gasteiger partial charge in [-0.05, 0) is 55.8 Å². The lowest BCUT2D eigenvalue weighted by molar-refractivity contribution is -0.123. The molecule has 0 atom stereocenters. The van der Waals surface area contributed by atoms with Gasteiger partial charge in [0.1, 0.15) is 17.3 Å². The largest absolute Gasteiger partial charge is 0.491 e. The topological polar surface area (TPSA) is 47.6 Å². The molecule has 0 saturated carbocycles. The van der Waals surface area contributed by atoms with Gasteiger partial charge in [0.15, 0.2) is 6.61 Å². The van der Waals surface area contributed by atoms with Gasteiger partial charge in [-0.1, -0.05) is 12.1 Å². The van der Waals surface area contributed by atoms with Crippen molar-refractivity contribution < 1.29 is 18.7 Å². The molecule has 0 spiro atoms. The van der Waals surface area contributed by atoms with Gasteiger partial charge in [-0.25, -0.2) is 4.39 Å². The van der Waals surface area contributed by atoms with Crippen LogP contribution in [-0.2, 0) is 11.3 Å². The molecule has 2 aromatic carbocycles. The summed E-state index contributed by atoms with van der Waals surface area (Å²) in [4.78, 5) is 11.8. The number of nitrogens with one attached hydrogen (secondary N) is 1. The predicted octanol–water partition coefficient (Wildman–Crippen LogP) is 3.31. The minimum absolute atomic E-state index is 0.101. The number of rotatable bonds is 7. The van der Waals surface area contributed by atoms with Gasteiger partial charge in [0.05, 0.1) is 6.10 Å². The van der Waals surface area contributed by atoms with Crippen LogP contribution in [0.25, 0.3) is 0 Å². The minimum atomic E-state index is -0.342. The smallest absolute Gasteiger partial charge is 0.258 e. The number of carbonyl (C=O) groups excluding carboxylic acids is 1. The normalized spacial score (nSPS) is 10.4. The lowest BCUT2D eigenvalue weighted by atomic mass is 10.2. The molecule has 0 aromatic heterocycles. The molecule has 23 heavy (non-hydrogen) atoms. The molecule has 122 valence electrons. The molecule has 5 heteroatoms. The summed E-state index contributed by atoms with van der Waals surface area (Å²) in [5.74, 6) is 0.637. The van der Waals surface area contributed by atoms with Crippen molar-refractivity contribution in [2.24, 2.45) is 0 Å². The first kappa shape index (κ1) is 16.8. The molecule has 1 N–H and O–H groups in total. The molecule has 2 rings (SSSR count). The number of ether oxygens (including phenoxy) is 2. The van der Waals surface area contributed by atoms with Gasteiger partial charge in [-0.2, -0.15) is 0 Å². The van der Waals surface area contributed by atoms with Gasteiger partial charge in [0, 0.05) is 6.54 Å². The average Bonchev–Trinajstić information content (AvgIpc) is 2.52. The number of amides is 1. The maximum absolute atomic E-state index is 12.8. The van der Waals surface area contributed by atoms with Gasteiger partial charge in [-0.3, -0.25) is 4.79 Å². The third-order valence-corrected chi connectivity index (χ3v) is 2.94. The van der Waals surface area contributed by atoms with E-state index in [2.05, 4.69) is 5.32 Å². The number of carbonyl (C=O) groups is 1. The molecular weight excluding hydrogens is 297 g/mol. The zero-order valence-corrected chi connectivity index (χ0v) is 13.2. The van der Waals surface area contributed by atoms with Crippen molar-refractivity contribution in [2.75, 3.05) is 6.61 Å². The lowest BCUT2D eigenvalue weighted by Gasteiger charge is -2.11. The van der Waals surface area contributed by atoms with Gasteiger partial charge >= 0.3 is 0 Å². The fourth-order valence-corrected chi connectivity index (χ4v) is 1.93. The zero-order chi connectivity index (χ0) is 16.7. The number of hydrogen-bond acceptors (Lipinski definition) is 3. The summed E-state index contributed by atoms with van der Waals surface area (Å²) >= 11 is 0. The highest BCUT2D eigenvalue weighted by atomic mass is 19.1. The van der Waals surface area contributed by atoms with E-state index in [9.17, 15) is 9.18 Å². The van der Waals surface area contributed by atoms with E-state index in [1.807, 2.05) is 38.1 Å². The monoisotopic (exact) mass is 317 g/mol. The minimum Gasteiger partial charge on any atom is -0.491 e. The fourth-order valence-electron chi connectivity index (χ4n) is 1.93. The molecule has 0 aliphatic heterocycles. The molecule has 0 heterocycles. The maximum atomic E-state index is 12.8. The predicted molar refractivity (Wildman–Crippen MR) is 85.9 cm³/mol. The molecule has 4 nitrogen and oxygen atoms in total. The number of benzene rings is 2. The standard InChI is InChI=1S/C18H20FNO3/c1-13(2)23-17-5-3-4-14(10-17)11-20-18(21)12-22-16-8-6-15(19)7-9-16/h3-10,13H,11-12H2,1-2H3,(H,20,21). The van der Waals surface area contributed by atoms with Crippen molar-refractivity contribution in [1.29, 1.82) is 0 Å². The Kier molecular flexibility index (Phi) is 5.97. The van der Waals surface area contributed by atoms with E-state index < -0.39 is 0 Å².